The monoisotopic (exact) mass is 395 g/mol. The molecule has 0 aliphatic carbocycles. The van der Waals surface area contributed by atoms with E-state index in [4.69, 9.17) is 24.7 Å². The molecular weight excluding hydrogens is 350 g/mol. The van der Waals surface area contributed by atoms with Crippen LogP contribution in [0.25, 0.3) is 10.2 Å². The standard InChI is InChI=1S/C19H27N3O3S/c1-13(2)22-14-7-12-26-17(14)16(23)15(19(22)25)18(24)20-8-6-11-21-9-4-3-5-10-21/h7,12-13,23H,3-6,8-11H2,1-2H3,(H,20,24)/i1D3,2D3,3D2,4D2,5D2,9D2,10D2,13D/hD. The first kappa shape index (κ1) is 6.63. The maximum atomic E-state index is 13.5. The van der Waals surface area contributed by atoms with Gasteiger partial charge in [0.1, 0.15) is 5.56 Å². The number of hydrogen-bond donors (Lipinski definition) is 2. The highest BCUT2D eigenvalue weighted by atomic mass is 32.1. The number of hydrogen-bond acceptors (Lipinski definition) is 5. The molecule has 0 radical (unpaired) electrons. The fraction of sp³-hybridized carbons (Fsp3) is 0.579. The van der Waals surface area contributed by atoms with Gasteiger partial charge in [0.05, 0.1) is 11.6 Å². The summed E-state index contributed by atoms with van der Waals surface area (Å²) in [6.45, 7) is -15.9. The quantitative estimate of drug-likeness (QED) is 0.788. The lowest BCUT2D eigenvalue weighted by molar-refractivity contribution is 0.0946. The molecule has 1 fully saturated rings. The van der Waals surface area contributed by atoms with Gasteiger partial charge in [-0.2, -0.15) is 0 Å². The normalized spacial score (nSPS) is 36.9. The summed E-state index contributed by atoms with van der Waals surface area (Å²) in [6, 6.07) is -2.59. The highest BCUT2D eigenvalue weighted by Gasteiger charge is 2.23. The molecule has 7 heteroatoms. The van der Waals surface area contributed by atoms with Crippen LogP contribution in [0.5, 0.6) is 5.75 Å². The van der Waals surface area contributed by atoms with Crippen LogP contribution >= 0.6 is 11.3 Å². The number of likely N-dealkylation sites (tertiary alicyclic amines) is 1. The molecule has 142 valence electrons. The topological polar surface area (TPSA) is 74.6 Å². The number of nitrogens with zero attached hydrogens (tertiary/aromatic N) is 2. The van der Waals surface area contributed by atoms with Crippen molar-refractivity contribution >= 4 is 27.5 Å². The van der Waals surface area contributed by atoms with Crippen molar-refractivity contribution in [1.82, 2.24) is 14.8 Å². The number of rotatable bonds is 6. The maximum Gasteiger partial charge on any atom is 0.268 e. The molecule has 2 aromatic heterocycles. The van der Waals surface area contributed by atoms with Crippen LogP contribution < -0.4 is 10.9 Å². The summed E-state index contributed by atoms with van der Waals surface area (Å²) in [7, 11) is 0. The first-order valence-corrected chi connectivity index (χ1v) is 8.30. The summed E-state index contributed by atoms with van der Waals surface area (Å²) < 4.78 is 143. The van der Waals surface area contributed by atoms with Crippen molar-refractivity contribution in [2.75, 3.05) is 26.1 Å². The first-order chi connectivity index (χ1) is 19.5. The fourth-order valence-electron chi connectivity index (χ4n) is 2.36. The van der Waals surface area contributed by atoms with Crippen LogP contribution in [0.1, 0.15) is 78.9 Å². The van der Waals surface area contributed by atoms with Crippen molar-refractivity contribution in [3.63, 3.8) is 0 Å². The number of nitrogens with one attached hydrogen (secondary N) is 1. The smallest absolute Gasteiger partial charge is 0.268 e. The zero-order chi connectivity index (χ0) is 34.4. The van der Waals surface area contributed by atoms with Crippen LogP contribution in [-0.4, -0.2) is 46.6 Å². The van der Waals surface area contributed by atoms with Crippen LogP contribution in [0.15, 0.2) is 16.2 Å². The van der Waals surface area contributed by atoms with Gasteiger partial charge in [0.2, 0.25) is 0 Å². The first-order valence-electron chi connectivity index (χ1n) is 16.4. The molecule has 26 heavy (non-hydrogen) atoms. The molecule has 3 rings (SSSR count). The lowest BCUT2D eigenvalue weighted by atomic mass is 10.1. The summed E-state index contributed by atoms with van der Waals surface area (Å²) in [6.07, 6.45) is -11.4. The molecule has 0 saturated carbocycles. The molecule has 1 saturated heterocycles. The average Bonchev–Trinajstić information content (AvgIpc) is 3.33. The number of aromatic hydroxyl groups is 1. The van der Waals surface area contributed by atoms with Gasteiger partial charge in [0, 0.05) is 34.5 Å². The Bertz CT molecular complexity index is 1470. The van der Waals surface area contributed by atoms with E-state index < -0.39 is 99.6 Å². The molecule has 1 aliphatic rings. The fourth-order valence-corrected chi connectivity index (χ4v) is 3.18. The number of aromatic nitrogens is 1. The number of amides is 1. The van der Waals surface area contributed by atoms with Gasteiger partial charge in [0.25, 0.3) is 11.5 Å². The van der Waals surface area contributed by atoms with Crippen LogP contribution in [0, 0.1) is 0 Å². The number of fused-ring (bicyclic) bond motifs is 1. The lowest BCUT2D eigenvalue weighted by Gasteiger charge is -2.26. The lowest BCUT2D eigenvalue weighted by Crippen LogP contribution is -2.36. The Morgan fingerprint density at radius 1 is 1.50 bits per heavy atom. The van der Waals surface area contributed by atoms with Crippen LogP contribution in [-0.2, 0) is 0 Å². The van der Waals surface area contributed by atoms with Crippen molar-refractivity contribution < 1.29 is 34.6 Å². The predicted molar refractivity (Wildman–Crippen MR) is 105 cm³/mol. The molecule has 1 amide bonds. The van der Waals surface area contributed by atoms with Gasteiger partial charge in [-0.05, 0) is 63.9 Å². The van der Waals surface area contributed by atoms with Crippen molar-refractivity contribution in [3.05, 3.63) is 27.4 Å². The largest absolute Gasteiger partial charge is 0.505 e. The minimum absolute atomic E-state index is 0.0220. The molecule has 0 atom stereocenters. The van der Waals surface area contributed by atoms with Crippen molar-refractivity contribution in [2.24, 2.45) is 0 Å². The van der Waals surface area contributed by atoms with Crippen molar-refractivity contribution in [3.8, 4) is 5.75 Å². The Balaban J connectivity index is 2.03. The minimum Gasteiger partial charge on any atom is -0.505 e. The van der Waals surface area contributed by atoms with Gasteiger partial charge in [-0.1, -0.05) is 6.37 Å². The van der Waals surface area contributed by atoms with E-state index in [1.165, 1.54) is 5.38 Å². The van der Waals surface area contributed by atoms with Gasteiger partial charge >= 0.3 is 0 Å². The number of carbonyl (C=O) groups excluding carboxylic acids is 1. The van der Waals surface area contributed by atoms with Crippen molar-refractivity contribution in [1.29, 1.82) is 0 Å². The molecule has 3 heterocycles. The van der Waals surface area contributed by atoms with E-state index in [-0.39, 0.29) is 19.5 Å². The van der Waals surface area contributed by atoms with Crippen LogP contribution in [0.3, 0.4) is 0 Å². The van der Waals surface area contributed by atoms with Gasteiger partial charge < -0.3 is 19.9 Å². The highest BCUT2D eigenvalue weighted by Crippen LogP contribution is 2.32. The molecule has 2 aromatic rings. The molecular formula is C19H27N3O3S. The molecule has 2 N–H and O–H groups in total. The van der Waals surface area contributed by atoms with Crippen LogP contribution in [0.2, 0.25) is 1.41 Å². The number of thiophene rings is 1. The van der Waals surface area contributed by atoms with E-state index in [2.05, 4.69) is 0 Å². The summed E-state index contributed by atoms with van der Waals surface area (Å²) in [4.78, 5) is 26.9. The van der Waals surface area contributed by atoms with Gasteiger partial charge in [-0.15, -0.1) is 11.3 Å². The third-order valence-electron chi connectivity index (χ3n) is 3.49. The third-order valence-corrected chi connectivity index (χ3v) is 4.40. The second-order valence-corrected chi connectivity index (χ2v) is 6.05. The molecule has 1 aliphatic heterocycles. The second kappa shape index (κ2) is 8.22. The van der Waals surface area contributed by atoms with E-state index in [1.54, 1.807) is 0 Å². The van der Waals surface area contributed by atoms with E-state index in [0.717, 1.165) is 6.07 Å². The minimum atomic E-state index is -3.67. The van der Waals surface area contributed by atoms with E-state index >= 15 is 0 Å². The predicted octanol–water partition coefficient (Wildman–Crippen LogP) is 2.96. The highest BCUT2D eigenvalue weighted by molar-refractivity contribution is 7.17. The zero-order valence-corrected chi connectivity index (χ0v) is 14.1. The Kier molecular flexibility index (Phi) is 2.10. The maximum absolute atomic E-state index is 13.5. The summed E-state index contributed by atoms with van der Waals surface area (Å²) in [5.41, 5.74) is -3.46. The third kappa shape index (κ3) is 3.78. The van der Waals surface area contributed by atoms with E-state index in [1.807, 2.05) is 0 Å². The Labute approximate surface area is 182 Å². The molecule has 0 spiro atoms. The number of piperidine rings is 1. The molecule has 0 aromatic carbocycles. The van der Waals surface area contributed by atoms with E-state index in [0.29, 0.717) is 11.3 Å². The van der Waals surface area contributed by atoms with Crippen molar-refractivity contribution in [2.45, 2.75) is 45.3 Å². The molecule has 6 nitrogen and oxygen atoms in total. The Hall–Kier alpha value is -1.86. The summed E-state index contributed by atoms with van der Waals surface area (Å²) in [5.74, 6) is -2.65. The Morgan fingerprint density at radius 2 is 2.27 bits per heavy atom. The Morgan fingerprint density at radius 3 is 3.00 bits per heavy atom. The van der Waals surface area contributed by atoms with E-state index in [9.17, 15) is 14.7 Å². The number of pyridine rings is 1. The van der Waals surface area contributed by atoms with Gasteiger partial charge in [-0.25, -0.2) is 0 Å². The zero-order valence-electron chi connectivity index (χ0n) is 31.3. The second-order valence-electron chi connectivity index (χ2n) is 5.14. The molecule has 0 bridgehead atoms. The summed E-state index contributed by atoms with van der Waals surface area (Å²) in [5, 5.41) is 12.0. The average molecular weight is 396 g/mol. The van der Waals surface area contributed by atoms with Gasteiger partial charge in [0.15, 0.2) is 7.16 Å². The summed E-state index contributed by atoms with van der Waals surface area (Å²) >= 11 is 0.669. The number of carbonyl (C=O) groups is 1. The van der Waals surface area contributed by atoms with Crippen LogP contribution in [0.4, 0.5) is 0 Å². The molecule has 0 unspecified atom stereocenters. The van der Waals surface area contributed by atoms with Gasteiger partial charge in [-0.3, -0.25) is 9.59 Å². The SMILES string of the molecule is [2H]N(CCCN1C([2H])([2H])C([2H])([2H])C([2H])([2H])C([2H])([2H])C1([2H])[2H])C(=O)c1c(O)c2sccc2n(C([2H])(C([2H])([2H])[2H])C([2H])([2H])[2H])c1=O.